The first-order chi connectivity index (χ1) is 5.88. The van der Waals surface area contributed by atoms with E-state index in [9.17, 15) is 5.11 Å². The van der Waals surface area contributed by atoms with E-state index in [-0.39, 0.29) is 5.75 Å². The zero-order valence-electron chi connectivity index (χ0n) is 6.23. The minimum absolute atomic E-state index is 0.0347. The van der Waals surface area contributed by atoms with Crippen molar-refractivity contribution in [1.82, 2.24) is 4.98 Å². The Morgan fingerprint density at radius 2 is 2.08 bits per heavy atom. The van der Waals surface area contributed by atoms with Gasteiger partial charge in [0.15, 0.2) is 5.75 Å². The van der Waals surface area contributed by atoms with Gasteiger partial charge in [0.2, 0.25) is 0 Å². The molecule has 1 heterocycles. The van der Waals surface area contributed by atoms with Gasteiger partial charge in [0.25, 0.3) is 0 Å². The number of nitrogens with zero attached hydrogens (tertiary/aromatic N) is 1. The molecule has 1 radical (unpaired) electrons. The van der Waals surface area contributed by atoms with Crippen LogP contribution in [0.25, 0.3) is 10.6 Å². The molecule has 1 aromatic heterocycles. The van der Waals surface area contributed by atoms with Crippen molar-refractivity contribution < 1.29 is 5.11 Å². The molecule has 0 saturated heterocycles. The molecule has 0 aliphatic carbocycles. The lowest BCUT2D eigenvalue weighted by atomic mass is 10.2. The molecular formula is C9H6NOS. The van der Waals surface area contributed by atoms with Crippen LogP contribution in [-0.2, 0) is 5.11 Å². The highest BCUT2D eigenvalue weighted by molar-refractivity contribution is 7.13. The van der Waals surface area contributed by atoms with Crippen LogP contribution in [0.3, 0.4) is 0 Å². The molecule has 2 nitrogen and oxygen atoms in total. The van der Waals surface area contributed by atoms with Crippen LogP contribution in [0.1, 0.15) is 0 Å². The van der Waals surface area contributed by atoms with Gasteiger partial charge in [0, 0.05) is 11.6 Å². The van der Waals surface area contributed by atoms with Gasteiger partial charge in [-0.1, -0.05) is 12.1 Å². The summed E-state index contributed by atoms with van der Waals surface area (Å²) in [6, 6.07) is 6.93. The Bertz CT molecular complexity index is 370. The predicted molar refractivity (Wildman–Crippen MR) is 47.7 cm³/mol. The molecule has 3 heteroatoms. The molecule has 1 aromatic carbocycles. The molecule has 0 aliphatic heterocycles. The molecule has 0 bridgehead atoms. The van der Waals surface area contributed by atoms with Crippen molar-refractivity contribution in [2.75, 3.05) is 0 Å². The second-order valence-corrected chi connectivity index (χ2v) is 3.23. The van der Waals surface area contributed by atoms with Crippen molar-refractivity contribution in [1.29, 1.82) is 0 Å². The molecule has 2 rings (SSSR count). The van der Waals surface area contributed by atoms with E-state index >= 15 is 0 Å². The quantitative estimate of drug-likeness (QED) is 0.657. The monoisotopic (exact) mass is 176 g/mol. The van der Waals surface area contributed by atoms with E-state index in [0.717, 1.165) is 5.01 Å². The fraction of sp³-hybridized carbons (Fsp3) is 0. The van der Waals surface area contributed by atoms with E-state index in [1.807, 2.05) is 11.4 Å². The molecule has 59 valence electrons. The molecule has 0 fully saturated rings. The SMILES string of the molecule is [O]c1ccccc1-c1nccs1. The maximum absolute atomic E-state index is 11.3. The lowest BCUT2D eigenvalue weighted by Gasteiger charge is -1.95. The average molecular weight is 176 g/mol. The zero-order valence-corrected chi connectivity index (χ0v) is 7.04. The van der Waals surface area contributed by atoms with Crippen LogP contribution in [0.15, 0.2) is 35.8 Å². The van der Waals surface area contributed by atoms with Gasteiger partial charge in [-0.05, 0) is 12.1 Å². The van der Waals surface area contributed by atoms with Crippen molar-refractivity contribution in [2.45, 2.75) is 0 Å². The van der Waals surface area contributed by atoms with Crippen molar-refractivity contribution in [2.24, 2.45) is 0 Å². The van der Waals surface area contributed by atoms with Crippen LogP contribution >= 0.6 is 11.3 Å². The number of benzene rings is 1. The summed E-state index contributed by atoms with van der Waals surface area (Å²) in [7, 11) is 0. The number of thiazole rings is 1. The van der Waals surface area contributed by atoms with Gasteiger partial charge >= 0.3 is 0 Å². The van der Waals surface area contributed by atoms with Crippen molar-refractivity contribution in [3.63, 3.8) is 0 Å². The number of para-hydroxylation sites is 1. The van der Waals surface area contributed by atoms with Gasteiger partial charge in [-0.25, -0.2) is 4.98 Å². The molecule has 0 unspecified atom stereocenters. The zero-order chi connectivity index (χ0) is 8.39. The minimum atomic E-state index is 0.0347. The lowest BCUT2D eigenvalue weighted by Crippen LogP contribution is -1.74. The maximum atomic E-state index is 11.3. The predicted octanol–water partition coefficient (Wildman–Crippen LogP) is 2.95. The third-order valence-electron chi connectivity index (χ3n) is 1.55. The summed E-state index contributed by atoms with van der Waals surface area (Å²) in [5.74, 6) is 0.0347. The summed E-state index contributed by atoms with van der Waals surface area (Å²) < 4.78 is 0. The first kappa shape index (κ1) is 7.31. The minimum Gasteiger partial charge on any atom is -0.289 e. The van der Waals surface area contributed by atoms with Crippen LogP contribution < -0.4 is 0 Å². The number of rotatable bonds is 1. The molecule has 2 aromatic rings. The van der Waals surface area contributed by atoms with Crippen LogP contribution in [0.4, 0.5) is 0 Å². The van der Waals surface area contributed by atoms with Crippen molar-refractivity contribution >= 4 is 11.3 Å². The summed E-state index contributed by atoms with van der Waals surface area (Å²) in [5, 5.41) is 13.9. The lowest BCUT2D eigenvalue weighted by molar-refractivity contribution is 0.356. The molecular weight excluding hydrogens is 170 g/mol. The van der Waals surface area contributed by atoms with Crippen molar-refractivity contribution in [3.05, 3.63) is 35.8 Å². The molecule has 0 saturated carbocycles. The van der Waals surface area contributed by atoms with Crippen LogP contribution in [0.5, 0.6) is 5.75 Å². The van der Waals surface area contributed by atoms with E-state index in [2.05, 4.69) is 4.98 Å². The van der Waals surface area contributed by atoms with E-state index in [1.165, 1.54) is 11.3 Å². The smallest absolute Gasteiger partial charge is 0.188 e. The molecule has 0 spiro atoms. The molecule has 0 amide bonds. The summed E-state index contributed by atoms with van der Waals surface area (Å²) in [5.41, 5.74) is 0.688. The Hall–Kier alpha value is -1.35. The Balaban J connectivity index is 2.55. The summed E-state index contributed by atoms with van der Waals surface area (Å²) in [4.78, 5) is 4.07. The highest BCUT2D eigenvalue weighted by atomic mass is 32.1. The number of hydrogen-bond donors (Lipinski definition) is 0. The van der Waals surface area contributed by atoms with Gasteiger partial charge in [-0.3, -0.25) is 5.11 Å². The third-order valence-corrected chi connectivity index (χ3v) is 2.36. The van der Waals surface area contributed by atoms with E-state index in [1.54, 1.807) is 24.4 Å². The molecule has 0 N–H and O–H groups in total. The van der Waals surface area contributed by atoms with Crippen LogP contribution in [-0.4, -0.2) is 4.98 Å². The molecule has 0 atom stereocenters. The Labute approximate surface area is 74.1 Å². The highest BCUT2D eigenvalue weighted by Gasteiger charge is 2.05. The normalized spacial score (nSPS) is 10.0. The highest BCUT2D eigenvalue weighted by Crippen LogP contribution is 2.29. The fourth-order valence-corrected chi connectivity index (χ4v) is 1.67. The first-order valence-electron chi connectivity index (χ1n) is 3.54. The van der Waals surface area contributed by atoms with Gasteiger partial charge in [0.1, 0.15) is 5.01 Å². The standard InChI is InChI=1S/C9H6NOS/c11-8-4-2-1-3-7(8)9-10-5-6-12-9/h1-6H. The Kier molecular flexibility index (Phi) is 1.80. The van der Waals surface area contributed by atoms with Gasteiger partial charge in [-0.2, -0.15) is 0 Å². The average Bonchev–Trinajstić information content (AvgIpc) is 2.57. The number of hydrogen-bond acceptors (Lipinski definition) is 2. The molecule has 12 heavy (non-hydrogen) atoms. The second kappa shape index (κ2) is 2.95. The maximum Gasteiger partial charge on any atom is 0.188 e. The summed E-state index contributed by atoms with van der Waals surface area (Å²) >= 11 is 1.48. The first-order valence-corrected chi connectivity index (χ1v) is 4.42. The van der Waals surface area contributed by atoms with Gasteiger partial charge in [-0.15, -0.1) is 11.3 Å². The summed E-state index contributed by atoms with van der Waals surface area (Å²) in [6.45, 7) is 0. The third kappa shape index (κ3) is 1.19. The van der Waals surface area contributed by atoms with Crippen LogP contribution in [0, 0.1) is 0 Å². The second-order valence-electron chi connectivity index (χ2n) is 2.33. The van der Waals surface area contributed by atoms with Crippen LogP contribution in [0.2, 0.25) is 0 Å². The Morgan fingerprint density at radius 1 is 1.25 bits per heavy atom. The number of aromatic nitrogens is 1. The fourth-order valence-electron chi connectivity index (χ4n) is 1.000. The van der Waals surface area contributed by atoms with Gasteiger partial charge in [0.05, 0.1) is 5.56 Å². The Morgan fingerprint density at radius 3 is 2.75 bits per heavy atom. The van der Waals surface area contributed by atoms with E-state index in [4.69, 9.17) is 0 Å². The van der Waals surface area contributed by atoms with E-state index < -0.39 is 0 Å². The van der Waals surface area contributed by atoms with Crippen molar-refractivity contribution in [3.8, 4) is 16.3 Å². The molecule has 0 aliphatic rings. The van der Waals surface area contributed by atoms with Gasteiger partial charge < -0.3 is 0 Å². The summed E-state index contributed by atoms with van der Waals surface area (Å²) in [6.07, 6.45) is 1.70. The van der Waals surface area contributed by atoms with E-state index in [0.29, 0.717) is 5.56 Å². The topological polar surface area (TPSA) is 32.8 Å². The largest absolute Gasteiger partial charge is 0.289 e.